The highest BCUT2D eigenvalue weighted by atomic mass is 19.1. The maximum absolute atomic E-state index is 13.2. The van der Waals surface area contributed by atoms with E-state index in [0.717, 1.165) is 44.5 Å². The number of nitrogens with zero attached hydrogens (tertiary/aromatic N) is 2. The monoisotopic (exact) mass is 630 g/mol. The Kier molecular flexibility index (Phi) is 9.41. The fraction of sp³-hybridized carbons (Fsp3) is 0.371. The third-order valence-electron chi connectivity index (χ3n) is 8.31. The fourth-order valence-corrected chi connectivity index (χ4v) is 5.63. The number of fused-ring (bicyclic) bond motifs is 3. The molecular formula is C35H39FN4O6. The summed E-state index contributed by atoms with van der Waals surface area (Å²) in [4.78, 5) is 19.5. The van der Waals surface area contributed by atoms with Gasteiger partial charge >= 0.3 is 6.03 Å². The lowest BCUT2D eigenvalue weighted by Crippen LogP contribution is -2.42. The molecule has 0 bridgehead atoms. The number of ether oxygens (including phenoxy) is 4. The molecule has 6 rings (SSSR count). The van der Waals surface area contributed by atoms with Gasteiger partial charge in [0.2, 0.25) is 5.75 Å². The molecule has 2 aliphatic rings. The third-order valence-corrected chi connectivity index (χ3v) is 8.31. The summed E-state index contributed by atoms with van der Waals surface area (Å²) in [5, 5.41) is 16.5. The summed E-state index contributed by atoms with van der Waals surface area (Å²) in [5.41, 5.74) is 1.47. The molecule has 1 atom stereocenters. The second kappa shape index (κ2) is 13.8. The molecule has 2 amide bonds. The first-order valence-electron chi connectivity index (χ1n) is 15.6. The van der Waals surface area contributed by atoms with Crippen LogP contribution in [0.1, 0.15) is 44.7 Å². The Morgan fingerprint density at radius 2 is 1.76 bits per heavy atom. The number of pyridine rings is 1. The Hall–Kier alpha value is -4.61. The minimum Gasteiger partial charge on any atom is -0.489 e. The van der Waals surface area contributed by atoms with E-state index in [1.165, 1.54) is 12.1 Å². The Morgan fingerprint density at radius 3 is 2.50 bits per heavy atom. The fourth-order valence-electron chi connectivity index (χ4n) is 5.63. The number of aliphatic hydroxyl groups is 1. The number of carbonyl (C=O) groups is 1. The highest BCUT2D eigenvalue weighted by molar-refractivity contribution is 5.95. The van der Waals surface area contributed by atoms with Gasteiger partial charge in [0.1, 0.15) is 30.5 Å². The Morgan fingerprint density at radius 1 is 1.04 bits per heavy atom. The second-order valence-electron chi connectivity index (χ2n) is 12.0. The van der Waals surface area contributed by atoms with E-state index in [4.69, 9.17) is 18.9 Å². The third kappa shape index (κ3) is 7.60. The summed E-state index contributed by atoms with van der Waals surface area (Å²) < 4.78 is 37.8. The van der Waals surface area contributed by atoms with Crippen LogP contribution in [0.4, 0.5) is 14.9 Å². The first-order valence-corrected chi connectivity index (χ1v) is 15.6. The van der Waals surface area contributed by atoms with E-state index >= 15 is 0 Å². The largest absolute Gasteiger partial charge is 0.489 e. The van der Waals surface area contributed by atoms with Crippen molar-refractivity contribution >= 4 is 22.6 Å². The Balaban J connectivity index is 1.10. The zero-order valence-corrected chi connectivity index (χ0v) is 26.1. The number of urea groups is 1. The molecule has 46 heavy (non-hydrogen) atoms. The summed E-state index contributed by atoms with van der Waals surface area (Å²) in [6, 6.07) is 16.0. The van der Waals surface area contributed by atoms with Crippen LogP contribution in [0.5, 0.6) is 28.7 Å². The SMILES string of the molecule is C[C@H](NC(=O)Nc1ccc(Oc2ccnc3cc(OCCCN4CCC(C)(O)CC4)c4c(c23)OCCO4)cc1)c1ccc(F)cc1. The molecule has 1 fully saturated rings. The average Bonchev–Trinajstić information content (AvgIpc) is 3.05. The van der Waals surface area contributed by atoms with Gasteiger partial charge in [0, 0.05) is 37.6 Å². The van der Waals surface area contributed by atoms with Crippen molar-refractivity contribution in [2.24, 2.45) is 0 Å². The summed E-state index contributed by atoms with van der Waals surface area (Å²) in [5.74, 6) is 2.43. The maximum Gasteiger partial charge on any atom is 0.319 e. The lowest BCUT2D eigenvalue weighted by molar-refractivity contribution is -0.00606. The van der Waals surface area contributed by atoms with Crippen LogP contribution in [0, 0.1) is 5.82 Å². The van der Waals surface area contributed by atoms with Crippen LogP contribution in [0.2, 0.25) is 0 Å². The van der Waals surface area contributed by atoms with Crippen LogP contribution < -0.4 is 29.6 Å². The van der Waals surface area contributed by atoms with E-state index in [1.807, 2.05) is 19.9 Å². The second-order valence-corrected chi connectivity index (χ2v) is 12.0. The molecule has 11 heteroatoms. The van der Waals surface area contributed by atoms with Gasteiger partial charge in [-0.3, -0.25) is 4.98 Å². The molecule has 0 spiro atoms. The molecule has 1 aromatic heterocycles. The van der Waals surface area contributed by atoms with Crippen molar-refractivity contribution in [1.82, 2.24) is 15.2 Å². The van der Waals surface area contributed by atoms with Crippen LogP contribution in [0.15, 0.2) is 66.9 Å². The van der Waals surface area contributed by atoms with Gasteiger partial charge in [0.15, 0.2) is 11.5 Å². The van der Waals surface area contributed by atoms with Crippen molar-refractivity contribution < 1.29 is 33.2 Å². The van der Waals surface area contributed by atoms with Crippen LogP contribution in [0.25, 0.3) is 10.9 Å². The molecule has 0 radical (unpaired) electrons. The summed E-state index contributed by atoms with van der Waals surface area (Å²) in [7, 11) is 0. The molecule has 2 aliphatic heterocycles. The standard InChI is InChI=1S/C35H39FN4O6/c1-23(24-4-6-25(36)7-5-24)38-34(41)39-26-8-10-27(11-9-26)46-29-12-15-37-28-22-30(32-33(31(28)29)45-21-20-44-32)43-19-3-16-40-17-13-35(2,42)14-18-40/h4-12,15,22-23,42H,3,13-14,16-21H2,1-2H3,(H2,38,39,41)/t23-/m0/s1. The summed E-state index contributed by atoms with van der Waals surface area (Å²) >= 11 is 0. The number of nitrogens with one attached hydrogen (secondary N) is 2. The van der Waals surface area contributed by atoms with Crippen molar-refractivity contribution in [3.8, 4) is 28.7 Å². The van der Waals surface area contributed by atoms with Crippen molar-refractivity contribution in [1.29, 1.82) is 0 Å². The number of piperidine rings is 1. The normalized spacial score (nSPS) is 16.4. The van der Waals surface area contributed by atoms with Crippen molar-refractivity contribution in [2.45, 2.75) is 44.8 Å². The smallest absolute Gasteiger partial charge is 0.319 e. The number of carbonyl (C=O) groups excluding carboxylic acids is 1. The number of benzene rings is 3. The van der Waals surface area contributed by atoms with Crippen LogP contribution in [-0.4, -0.2) is 66.1 Å². The molecule has 242 valence electrons. The van der Waals surface area contributed by atoms with Gasteiger partial charge in [-0.05, 0) is 81.1 Å². The maximum atomic E-state index is 13.2. The highest BCUT2D eigenvalue weighted by Crippen LogP contribution is 2.48. The average molecular weight is 631 g/mol. The number of hydrogen-bond donors (Lipinski definition) is 3. The number of halogens is 1. The van der Waals surface area contributed by atoms with E-state index in [-0.39, 0.29) is 17.9 Å². The van der Waals surface area contributed by atoms with E-state index in [2.05, 4.69) is 20.5 Å². The Bertz CT molecular complexity index is 1660. The quantitative estimate of drug-likeness (QED) is 0.172. The number of aromatic nitrogens is 1. The predicted octanol–water partition coefficient (Wildman–Crippen LogP) is 6.44. The summed E-state index contributed by atoms with van der Waals surface area (Å²) in [6.07, 6.45) is 4.08. The van der Waals surface area contributed by atoms with Crippen molar-refractivity contribution in [2.75, 3.05) is 44.8 Å². The number of amides is 2. The zero-order valence-electron chi connectivity index (χ0n) is 26.1. The lowest BCUT2D eigenvalue weighted by Gasteiger charge is -2.35. The highest BCUT2D eigenvalue weighted by Gasteiger charge is 2.27. The van der Waals surface area contributed by atoms with Gasteiger partial charge in [-0.25, -0.2) is 9.18 Å². The molecule has 3 N–H and O–H groups in total. The van der Waals surface area contributed by atoms with Gasteiger partial charge in [-0.2, -0.15) is 0 Å². The number of hydrogen-bond acceptors (Lipinski definition) is 8. The predicted molar refractivity (Wildman–Crippen MR) is 173 cm³/mol. The van der Waals surface area contributed by atoms with Gasteiger partial charge in [0.25, 0.3) is 0 Å². The van der Waals surface area contributed by atoms with Crippen LogP contribution >= 0.6 is 0 Å². The minimum absolute atomic E-state index is 0.301. The topological polar surface area (TPSA) is 114 Å². The van der Waals surface area contributed by atoms with E-state index in [0.29, 0.717) is 65.2 Å². The Labute approximate surface area is 267 Å². The first-order chi connectivity index (χ1) is 22.2. The minimum atomic E-state index is -0.560. The molecular weight excluding hydrogens is 591 g/mol. The van der Waals surface area contributed by atoms with Gasteiger partial charge in [-0.1, -0.05) is 12.1 Å². The van der Waals surface area contributed by atoms with Gasteiger partial charge in [-0.15, -0.1) is 0 Å². The molecule has 0 aliphatic carbocycles. The van der Waals surface area contributed by atoms with Crippen molar-refractivity contribution in [3.05, 3.63) is 78.2 Å². The van der Waals surface area contributed by atoms with E-state index < -0.39 is 5.60 Å². The van der Waals surface area contributed by atoms with Gasteiger partial charge < -0.3 is 39.6 Å². The number of likely N-dealkylation sites (tertiary alicyclic amines) is 1. The van der Waals surface area contributed by atoms with Crippen LogP contribution in [0.3, 0.4) is 0 Å². The molecule has 0 saturated carbocycles. The zero-order chi connectivity index (χ0) is 32.1. The van der Waals surface area contributed by atoms with Crippen LogP contribution in [-0.2, 0) is 0 Å². The number of rotatable bonds is 10. The van der Waals surface area contributed by atoms with E-state index in [9.17, 15) is 14.3 Å². The number of anilines is 1. The van der Waals surface area contributed by atoms with Crippen molar-refractivity contribution in [3.63, 3.8) is 0 Å². The molecule has 10 nitrogen and oxygen atoms in total. The molecule has 1 saturated heterocycles. The molecule has 4 aromatic rings. The van der Waals surface area contributed by atoms with Gasteiger partial charge in [0.05, 0.1) is 29.2 Å². The first kappa shape index (κ1) is 31.4. The lowest BCUT2D eigenvalue weighted by atomic mass is 9.94. The molecule has 0 unspecified atom stereocenters. The molecule has 3 heterocycles. The molecule has 3 aromatic carbocycles. The van der Waals surface area contributed by atoms with E-state index in [1.54, 1.807) is 48.7 Å². The summed E-state index contributed by atoms with van der Waals surface area (Å²) in [6.45, 7) is 7.70.